The molecule has 1 aliphatic heterocycles. The topological polar surface area (TPSA) is 83.6 Å². The summed E-state index contributed by atoms with van der Waals surface area (Å²) in [6, 6.07) is 19.7. The second-order valence-corrected chi connectivity index (χ2v) is 11.0. The minimum Gasteiger partial charge on any atom is -0.368 e. The van der Waals surface area contributed by atoms with Crippen molar-refractivity contribution < 1.29 is 0 Å². The van der Waals surface area contributed by atoms with Crippen molar-refractivity contribution in [3.05, 3.63) is 93.4 Å². The van der Waals surface area contributed by atoms with Crippen LogP contribution in [0.4, 0.5) is 17.3 Å². The van der Waals surface area contributed by atoms with Crippen LogP contribution in [0.25, 0.3) is 33.5 Å². The highest BCUT2D eigenvalue weighted by molar-refractivity contribution is 6.33. The van der Waals surface area contributed by atoms with Crippen LogP contribution < -0.4 is 15.8 Å². The van der Waals surface area contributed by atoms with E-state index in [-0.39, 0.29) is 5.56 Å². The number of anilines is 3. The monoisotopic (exact) mass is 564 g/mol. The number of likely N-dealkylation sites (N-methyl/N-ethyl adjacent to an activating group) is 1. The Hall–Kier alpha value is -4.47. The van der Waals surface area contributed by atoms with Crippen LogP contribution in [0, 0.1) is 13.8 Å². The molecule has 0 bridgehead atoms. The lowest BCUT2D eigenvalue weighted by Crippen LogP contribution is -2.44. The van der Waals surface area contributed by atoms with Crippen molar-refractivity contribution in [1.82, 2.24) is 28.8 Å². The number of piperazine rings is 1. The Bertz CT molecular complexity index is 2000. The predicted molar refractivity (Wildman–Crippen MR) is 165 cm³/mol. The number of benzene rings is 3. The van der Waals surface area contributed by atoms with E-state index in [1.807, 2.05) is 78.9 Å². The number of imidazole rings is 1. The first kappa shape index (κ1) is 25.5. The molecule has 41 heavy (non-hydrogen) atoms. The summed E-state index contributed by atoms with van der Waals surface area (Å²) in [5.41, 5.74) is 6.47. The van der Waals surface area contributed by atoms with Crippen molar-refractivity contribution in [2.75, 3.05) is 43.4 Å². The van der Waals surface area contributed by atoms with E-state index < -0.39 is 0 Å². The highest BCUT2D eigenvalue weighted by atomic mass is 35.5. The number of nitrogens with zero attached hydrogens (tertiary/aromatic N) is 7. The van der Waals surface area contributed by atoms with Gasteiger partial charge in [0, 0.05) is 38.1 Å². The van der Waals surface area contributed by atoms with Gasteiger partial charge < -0.3 is 15.1 Å². The summed E-state index contributed by atoms with van der Waals surface area (Å²) < 4.78 is 3.62. The number of hydrogen-bond acceptors (Lipinski definition) is 7. The Labute approximate surface area is 241 Å². The lowest BCUT2D eigenvalue weighted by atomic mass is 10.1. The van der Waals surface area contributed by atoms with Gasteiger partial charge in [-0.05, 0) is 62.4 Å². The van der Waals surface area contributed by atoms with Crippen molar-refractivity contribution in [3.63, 3.8) is 0 Å². The number of nitrogens with one attached hydrogen (secondary N) is 1. The second-order valence-electron chi connectivity index (χ2n) is 10.6. The second kappa shape index (κ2) is 9.87. The Balaban J connectivity index is 1.36. The van der Waals surface area contributed by atoms with Gasteiger partial charge in [0.15, 0.2) is 5.65 Å². The maximum absolute atomic E-state index is 14.0. The molecule has 0 aliphatic carbocycles. The maximum Gasteiger partial charge on any atom is 0.270 e. The Morgan fingerprint density at radius 3 is 2.41 bits per heavy atom. The summed E-state index contributed by atoms with van der Waals surface area (Å²) in [7, 11) is 2.13. The molecule has 3 aromatic carbocycles. The van der Waals surface area contributed by atoms with Crippen molar-refractivity contribution >= 4 is 56.8 Å². The van der Waals surface area contributed by atoms with Crippen molar-refractivity contribution in [1.29, 1.82) is 0 Å². The smallest absolute Gasteiger partial charge is 0.270 e. The number of aromatic nitrogens is 5. The van der Waals surface area contributed by atoms with E-state index in [9.17, 15) is 4.79 Å². The van der Waals surface area contributed by atoms with Crippen LogP contribution in [0.3, 0.4) is 0 Å². The molecular formula is C31H29ClN8O. The normalized spacial score (nSPS) is 14.4. The summed E-state index contributed by atoms with van der Waals surface area (Å²) in [6.07, 6.45) is 1.59. The summed E-state index contributed by atoms with van der Waals surface area (Å²) in [5, 5.41) is 4.35. The van der Waals surface area contributed by atoms with E-state index in [2.05, 4.69) is 27.1 Å². The number of hydrogen-bond donors (Lipinski definition) is 1. The van der Waals surface area contributed by atoms with Gasteiger partial charge in [-0.1, -0.05) is 41.9 Å². The van der Waals surface area contributed by atoms with Gasteiger partial charge in [-0.25, -0.2) is 14.5 Å². The Morgan fingerprint density at radius 2 is 1.66 bits per heavy atom. The fourth-order valence-electron chi connectivity index (χ4n) is 5.72. The van der Waals surface area contributed by atoms with Gasteiger partial charge in [-0.3, -0.25) is 9.20 Å². The maximum atomic E-state index is 14.0. The van der Waals surface area contributed by atoms with E-state index in [0.717, 1.165) is 65.4 Å². The lowest BCUT2D eigenvalue weighted by Gasteiger charge is -2.34. The third-order valence-corrected chi connectivity index (χ3v) is 8.17. The fraction of sp³-hybridized carbons (Fsp3) is 0.226. The van der Waals surface area contributed by atoms with Crippen LogP contribution in [-0.4, -0.2) is 62.0 Å². The van der Waals surface area contributed by atoms with E-state index in [4.69, 9.17) is 21.6 Å². The zero-order valence-electron chi connectivity index (χ0n) is 23.1. The van der Waals surface area contributed by atoms with E-state index in [1.54, 1.807) is 10.8 Å². The molecule has 10 heteroatoms. The molecule has 3 aromatic heterocycles. The fourth-order valence-corrected chi connectivity index (χ4v) is 6.02. The van der Waals surface area contributed by atoms with Crippen molar-refractivity contribution in [2.45, 2.75) is 13.8 Å². The largest absolute Gasteiger partial charge is 0.368 e. The van der Waals surface area contributed by atoms with Gasteiger partial charge in [0.2, 0.25) is 11.7 Å². The van der Waals surface area contributed by atoms with E-state index >= 15 is 0 Å². The summed E-state index contributed by atoms with van der Waals surface area (Å²) >= 11 is 6.72. The van der Waals surface area contributed by atoms with Gasteiger partial charge in [0.25, 0.3) is 5.56 Å². The molecule has 7 rings (SSSR count). The van der Waals surface area contributed by atoms with Crippen LogP contribution in [0.5, 0.6) is 0 Å². The van der Waals surface area contributed by atoms with E-state index in [0.29, 0.717) is 27.8 Å². The number of rotatable bonds is 4. The van der Waals surface area contributed by atoms with Crippen LogP contribution in [-0.2, 0) is 0 Å². The third kappa shape index (κ3) is 4.29. The zero-order chi connectivity index (χ0) is 28.2. The van der Waals surface area contributed by atoms with Crippen molar-refractivity contribution in [3.8, 4) is 5.69 Å². The number of para-hydroxylation sites is 3. The first-order chi connectivity index (χ1) is 19.9. The molecule has 206 valence electrons. The first-order valence-corrected chi connectivity index (χ1v) is 14.0. The molecule has 0 saturated carbocycles. The predicted octanol–water partition coefficient (Wildman–Crippen LogP) is 5.35. The van der Waals surface area contributed by atoms with Gasteiger partial charge >= 0.3 is 0 Å². The molecule has 1 N–H and O–H groups in total. The highest BCUT2D eigenvalue weighted by Crippen LogP contribution is 2.31. The van der Waals surface area contributed by atoms with Crippen molar-refractivity contribution in [2.24, 2.45) is 0 Å². The molecule has 4 heterocycles. The average molecular weight is 565 g/mol. The Morgan fingerprint density at radius 1 is 0.902 bits per heavy atom. The molecular weight excluding hydrogens is 536 g/mol. The van der Waals surface area contributed by atoms with Gasteiger partial charge in [0.1, 0.15) is 5.39 Å². The average Bonchev–Trinajstić information content (AvgIpc) is 3.35. The summed E-state index contributed by atoms with van der Waals surface area (Å²) in [4.78, 5) is 32.9. The number of aryl methyl sites for hydroxylation is 2. The summed E-state index contributed by atoms with van der Waals surface area (Å²) in [5.74, 6) is 0.870. The molecule has 1 fully saturated rings. The first-order valence-electron chi connectivity index (χ1n) is 13.6. The number of halogens is 1. The minimum atomic E-state index is -0.216. The van der Waals surface area contributed by atoms with Gasteiger partial charge in [0.05, 0.1) is 27.4 Å². The standard InChI is InChI=1S/C31H29ClN8O/c1-19-7-6-8-20(2)27(19)40-29(41)22-18-33-30(36-28(22)39-26-10-5-4-9-24(26)35-31(39)40)34-21-11-12-25(23(32)17-21)38-15-13-37(3)14-16-38/h4-12,17-18H,13-16H2,1-3H3,(H,33,34,36). The van der Waals surface area contributed by atoms with Gasteiger partial charge in [-0.15, -0.1) is 0 Å². The SMILES string of the molecule is Cc1cccc(C)c1-n1c(=O)c2cnc(Nc3ccc(N4CCN(C)CC4)c(Cl)c3)nc2n2c3ccccc3nc12. The van der Waals surface area contributed by atoms with Crippen LogP contribution in [0.15, 0.2) is 71.7 Å². The van der Waals surface area contributed by atoms with Crippen LogP contribution in [0.1, 0.15) is 11.1 Å². The molecule has 9 nitrogen and oxygen atoms in total. The Kier molecular flexibility index (Phi) is 6.13. The molecule has 0 radical (unpaired) electrons. The highest BCUT2D eigenvalue weighted by Gasteiger charge is 2.21. The van der Waals surface area contributed by atoms with Gasteiger partial charge in [-0.2, -0.15) is 4.98 Å². The molecule has 0 spiro atoms. The molecule has 0 unspecified atom stereocenters. The third-order valence-electron chi connectivity index (χ3n) is 7.87. The lowest BCUT2D eigenvalue weighted by molar-refractivity contribution is 0.313. The van der Waals surface area contributed by atoms with E-state index in [1.165, 1.54) is 0 Å². The zero-order valence-corrected chi connectivity index (χ0v) is 23.9. The van der Waals surface area contributed by atoms with Crippen LogP contribution >= 0.6 is 11.6 Å². The molecule has 6 aromatic rings. The van der Waals surface area contributed by atoms with Crippen LogP contribution in [0.2, 0.25) is 5.02 Å². The molecule has 1 saturated heterocycles. The molecule has 0 atom stereocenters. The quantitative estimate of drug-likeness (QED) is 0.309. The molecule has 0 amide bonds. The number of fused-ring (bicyclic) bond motifs is 5. The molecule has 1 aliphatic rings. The summed E-state index contributed by atoms with van der Waals surface area (Å²) in [6.45, 7) is 7.88. The minimum absolute atomic E-state index is 0.216.